The molecule has 1 unspecified atom stereocenters. The highest BCUT2D eigenvalue weighted by Crippen LogP contribution is 2.31. The van der Waals surface area contributed by atoms with E-state index in [9.17, 15) is 4.79 Å². The topological polar surface area (TPSA) is 88.7 Å². The molecule has 1 fully saturated rings. The van der Waals surface area contributed by atoms with Crippen LogP contribution in [0.1, 0.15) is 17.0 Å². The molecule has 9 nitrogen and oxygen atoms in total. The number of amides is 1. The van der Waals surface area contributed by atoms with E-state index >= 15 is 0 Å². The predicted octanol–water partition coefficient (Wildman–Crippen LogP) is 3.12. The Labute approximate surface area is 185 Å². The highest BCUT2D eigenvalue weighted by atomic mass is 16.5. The number of benzene rings is 1. The van der Waals surface area contributed by atoms with Gasteiger partial charge in [0.25, 0.3) is 5.91 Å². The Morgan fingerprint density at radius 1 is 1.25 bits per heavy atom. The van der Waals surface area contributed by atoms with Crippen molar-refractivity contribution >= 4 is 39.4 Å². The number of carbonyl (C=O) groups is 1. The van der Waals surface area contributed by atoms with Crippen LogP contribution in [0.3, 0.4) is 0 Å². The lowest BCUT2D eigenvalue weighted by Gasteiger charge is -2.20. The molecule has 3 aromatic heterocycles. The Bertz CT molecular complexity index is 1310. The Kier molecular flexibility index (Phi) is 4.97. The number of fused-ring (bicyclic) bond motifs is 2. The van der Waals surface area contributed by atoms with Crippen molar-refractivity contribution in [1.29, 1.82) is 0 Å². The summed E-state index contributed by atoms with van der Waals surface area (Å²) in [6.45, 7) is 1.90. The molecule has 0 bridgehead atoms. The number of hydrogen-bond donors (Lipinski definition) is 1. The van der Waals surface area contributed by atoms with E-state index < -0.39 is 0 Å². The lowest BCUT2D eigenvalue weighted by molar-refractivity contribution is 0.0998. The van der Waals surface area contributed by atoms with Crippen molar-refractivity contribution in [2.75, 3.05) is 44.5 Å². The van der Waals surface area contributed by atoms with Gasteiger partial charge >= 0.3 is 0 Å². The van der Waals surface area contributed by atoms with Gasteiger partial charge in [-0.15, -0.1) is 0 Å². The third-order valence-electron chi connectivity index (χ3n) is 5.99. The number of rotatable bonds is 5. The molecular weight excluding hydrogens is 408 g/mol. The van der Waals surface area contributed by atoms with Crippen molar-refractivity contribution in [2.24, 2.45) is 7.05 Å². The summed E-state index contributed by atoms with van der Waals surface area (Å²) in [5, 5.41) is 8.17. The summed E-state index contributed by atoms with van der Waals surface area (Å²) in [6.07, 6.45) is 2.99. The number of nitrogens with one attached hydrogen (secondary N) is 1. The fraction of sp³-hybridized carbons (Fsp3) is 0.348. The number of pyridine rings is 1. The molecular formula is C23H26N6O3. The van der Waals surface area contributed by atoms with Crippen molar-refractivity contribution in [2.45, 2.75) is 12.5 Å². The quantitative estimate of drug-likeness (QED) is 0.516. The lowest BCUT2D eigenvalue weighted by atomic mass is 10.2. The number of methoxy groups -OCH3 is 1. The van der Waals surface area contributed by atoms with Gasteiger partial charge in [-0.3, -0.25) is 9.48 Å². The van der Waals surface area contributed by atoms with Crippen LogP contribution in [-0.4, -0.2) is 65.9 Å². The molecule has 166 valence electrons. The van der Waals surface area contributed by atoms with Gasteiger partial charge in [-0.05, 0) is 38.7 Å². The number of furan rings is 1. The van der Waals surface area contributed by atoms with Gasteiger partial charge in [0.2, 0.25) is 0 Å². The fourth-order valence-electron chi connectivity index (χ4n) is 4.20. The Balaban J connectivity index is 1.39. The molecule has 1 amide bonds. The summed E-state index contributed by atoms with van der Waals surface area (Å²) in [5.41, 5.74) is 2.59. The van der Waals surface area contributed by atoms with Gasteiger partial charge in [0.1, 0.15) is 17.1 Å². The Morgan fingerprint density at radius 2 is 2.09 bits per heavy atom. The summed E-state index contributed by atoms with van der Waals surface area (Å²) in [5.74, 6) is 1.27. The molecule has 9 heteroatoms. The second kappa shape index (κ2) is 7.83. The molecule has 1 atom stereocenters. The van der Waals surface area contributed by atoms with Gasteiger partial charge in [-0.25, -0.2) is 4.98 Å². The summed E-state index contributed by atoms with van der Waals surface area (Å²) in [7, 11) is 7.62. The zero-order valence-electron chi connectivity index (χ0n) is 18.6. The molecule has 32 heavy (non-hydrogen) atoms. The maximum Gasteiger partial charge on any atom is 0.291 e. The standard InChI is InChI=1S/C23H26N6O3/c1-27(2)15-7-8-29(13-15)22-6-5-19-18(24-22)11-21(32-19)23(30)25-17-9-14-12-28(3)26-16(14)10-20(17)31-4/h5-6,9-12,15H,7-8,13H2,1-4H3,(H,25,30). The van der Waals surface area contributed by atoms with E-state index in [0.717, 1.165) is 36.2 Å². The smallest absolute Gasteiger partial charge is 0.291 e. The van der Waals surface area contributed by atoms with E-state index in [1.165, 1.54) is 0 Å². The molecule has 5 rings (SSSR count). The SMILES string of the molecule is COc1cc2nn(C)cc2cc1NC(=O)c1cc2nc(N3CCC(N(C)C)C3)ccc2o1. The third kappa shape index (κ3) is 3.64. The van der Waals surface area contributed by atoms with E-state index in [4.69, 9.17) is 14.1 Å². The molecule has 1 saturated heterocycles. The lowest BCUT2D eigenvalue weighted by Crippen LogP contribution is -2.31. The zero-order valence-corrected chi connectivity index (χ0v) is 18.6. The minimum Gasteiger partial charge on any atom is -0.494 e. The summed E-state index contributed by atoms with van der Waals surface area (Å²) in [6, 6.07) is 9.67. The first-order valence-electron chi connectivity index (χ1n) is 10.6. The number of aromatic nitrogens is 3. The Hall–Kier alpha value is -3.59. The van der Waals surface area contributed by atoms with E-state index in [1.807, 2.05) is 31.4 Å². The number of ether oxygens (including phenoxy) is 1. The minimum absolute atomic E-state index is 0.200. The molecule has 4 aromatic rings. The van der Waals surface area contributed by atoms with E-state index in [-0.39, 0.29) is 11.7 Å². The molecule has 1 aromatic carbocycles. The van der Waals surface area contributed by atoms with Crippen LogP contribution in [-0.2, 0) is 7.05 Å². The summed E-state index contributed by atoms with van der Waals surface area (Å²) in [4.78, 5) is 22.2. The van der Waals surface area contributed by atoms with Gasteiger partial charge in [-0.1, -0.05) is 0 Å². The van der Waals surface area contributed by atoms with Crippen LogP contribution < -0.4 is 15.0 Å². The van der Waals surface area contributed by atoms with Crippen molar-refractivity contribution in [3.8, 4) is 5.75 Å². The number of carbonyl (C=O) groups excluding carboxylic acids is 1. The van der Waals surface area contributed by atoms with Gasteiger partial charge in [0, 0.05) is 49.9 Å². The van der Waals surface area contributed by atoms with Gasteiger partial charge < -0.3 is 24.3 Å². The van der Waals surface area contributed by atoms with Gasteiger partial charge in [0.05, 0.1) is 18.3 Å². The maximum absolute atomic E-state index is 12.9. The average molecular weight is 435 g/mol. The number of hydrogen-bond acceptors (Lipinski definition) is 7. The van der Waals surface area contributed by atoms with E-state index in [1.54, 1.807) is 23.9 Å². The van der Waals surface area contributed by atoms with E-state index in [0.29, 0.717) is 28.6 Å². The molecule has 0 aliphatic carbocycles. The van der Waals surface area contributed by atoms with Crippen LogP contribution in [0.2, 0.25) is 0 Å². The predicted molar refractivity (Wildman–Crippen MR) is 124 cm³/mol. The Morgan fingerprint density at radius 3 is 2.84 bits per heavy atom. The molecule has 1 aliphatic heterocycles. The van der Waals surface area contributed by atoms with Crippen LogP contribution in [0.5, 0.6) is 5.75 Å². The fourth-order valence-corrected chi connectivity index (χ4v) is 4.20. The summed E-state index contributed by atoms with van der Waals surface area (Å²) >= 11 is 0. The molecule has 4 heterocycles. The van der Waals surface area contributed by atoms with Gasteiger partial charge in [0.15, 0.2) is 11.3 Å². The van der Waals surface area contributed by atoms with E-state index in [2.05, 4.69) is 34.3 Å². The van der Waals surface area contributed by atoms with Crippen molar-refractivity contribution in [1.82, 2.24) is 19.7 Å². The van der Waals surface area contributed by atoms with Crippen LogP contribution in [0.25, 0.3) is 22.0 Å². The number of likely N-dealkylation sites (N-methyl/N-ethyl adjacent to an activating group) is 1. The maximum atomic E-state index is 12.9. The number of anilines is 2. The monoisotopic (exact) mass is 434 g/mol. The first-order valence-corrected chi connectivity index (χ1v) is 10.6. The first-order chi connectivity index (χ1) is 15.4. The highest BCUT2D eigenvalue weighted by molar-refractivity contribution is 6.06. The molecule has 0 spiro atoms. The van der Waals surface area contributed by atoms with Crippen molar-refractivity contribution in [3.05, 3.63) is 42.3 Å². The van der Waals surface area contributed by atoms with Crippen LogP contribution in [0.15, 0.2) is 40.9 Å². The zero-order chi connectivity index (χ0) is 22.4. The van der Waals surface area contributed by atoms with Crippen molar-refractivity contribution < 1.29 is 13.9 Å². The van der Waals surface area contributed by atoms with Crippen LogP contribution >= 0.6 is 0 Å². The number of nitrogens with zero attached hydrogens (tertiary/aromatic N) is 5. The second-order valence-corrected chi connectivity index (χ2v) is 8.38. The van der Waals surface area contributed by atoms with Gasteiger partial charge in [-0.2, -0.15) is 5.10 Å². The average Bonchev–Trinajstić information content (AvgIpc) is 3.49. The molecule has 0 radical (unpaired) electrons. The van der Waals surface area contributed by atoms with Crippen LogP contribution in [0, 0.1) is 0 Å². The second-order valence-electron chi connectivity index (χ2n) is 8.38. The molecule has 1 aliphatic rings. The minimum atomic E-state index is -0.361. The highest BCUT2D eigenvalue weighted by Gasteiger charge is 2.25. The van der Waals surface area contributed by atoms with Crippen molar-refractivity contribution in [3.63, 3.8) is 0 Å². The number of aryl methyl sites for hydroxylation is 1. The molecule has 1 N–H and O–H groups in total. The third-order valence-corrected chi connectivity index (χ3v) is 5.99. The van der Waals surface area contributed by atoms with Crippen LogP contribution in [0.4, 0.5) is 11.5 Å². The molecule has 0 saturated carbocycles. The summed E-state index contributed by atoms with van der Waals surface area (Å²) < 4.78 is 12.9. The largest absolute Gasteiger partial charge is 0.494 e. The normalized spacial score (nSPS) is 16.4. The first kappa shape index (κ1) is 20.3.